The molecular weight excluding hydrogens is 652 g/mol. The third kappa shape index (κ3) is 5.33. The van der Waals surface area contributed by atoms with Crippen LogP contribution in [0, 0.1) is 0 Å². The fraction of sp³-hybridized carbons (Fsp3) is 0.0800. The molecule has 0 unspecified atom stereocenters. The Morgan fingerprint density at radius 1 is 1.02 bits per heavy atom. The van der Waals surface area contributed by atoms with Crippen molar-refractivity contribution in [2.75, 3.05) is 0 Å². The molecule has 0 aliphatic rings. The van der Waals surface area contributed by atoms with Crippen LogP contribution in [-0.2, 0) is 12.7 Å². The molecule has 41 heavy (non-hydrogen) atoms. The third-order valence-electron chi connectivity index (χ3n) is 5.80. The van der Waals surface area contributed by atoms with Crippen molar-refractivity contribution >= 4 is 50.0 Å². The fourth-order valence-corrected chi connectivity index (χ4v) is 5.05. The van der Waals surface area contributed by atoms with Crippen LogP contribution in [0.3, 0.4) is 0 Å². The molecule has 0 atom stereocenters. The average Bonchev–Trinajstić information content (AvgIpc) is 3.57. The molecule has 4 aromatic heterocycles. The van der Waals surface area contributed by atoms with E-state index in [2.05, 4.69) is 46.4 Å². The lowest BCUT2D eigenvalue weighted by molar-refractivity contribution is -0.137. The topological polar surface area (TPSA) is 117 Å². The van der Waals surface area contributed by atoms with Crippen molar-refractivity contribution in [1.29, 1.82) is 0 Å². The maximum Gasteiger partial charge on any atom is 0.416 e. The Morgan fingerprint density at radius 3 is 2.54 bits per heavy atom. The van der Waals surface area contributed by atoms with Gasteiger partial charge in [-0.2, -0.15) is 23.1 Å². The van der Waals surface area contributed by atoms with E-state index in [0.29, 0.717) is 26.3 Å². The summed E-state index contributed by atoms with van der Waals surface area (Å²) < 4.78 is 46.1. The van der Waals surface area contributed by atoms with Gasteiger partial charge in [0, 0.05) is 21.3 Å². The second-order valence-electron chi connectivity index (χ2n) is 8.55. The van der Waals surface area contributed by atoms with Gasteiger partial charge in [-0.25, -0.2) is 19.4 Å². The van der Waals surface area contributed by atoms with Crippen LogP contribution in [0.25, 0.3) is 39.7 Å². The number of tetrazole rings is 1. The van der Waals surface area contributed by atoms with Gasteiger partial charge in [0.1, 0.15) is 12.2 Å². The number of nitrogens with zero attached hydrogens (tertiary/aromatic N) is 8. The van der Waals surface area contributed by atoms with Crippen LogP contribution in [0.2, 0.25) is 10.0 Å². The number of alkyl halides is 3. The molecule has 0 fully saturated rings. The minimum Gasteiger partial charge on any atom is -0.401 e. The number of rotatable bonds is 5. The standard InChI is InChI=1S/C25H12BrCl2F3N8O2/c26-17-9-14(27)8-16-20(17)33-23(41-24(16)40)19-10-15(35-39(19)22-18(28)2-1-7-32-22)11-38-36-21(34-37-38)12-3-5-13(6-4-12)25(29,30)31/h1-10H,11H2. The molecule has 0 saturated heterocycles. The summed E-state index contributed by atoms with van der Waals surface area (Å²) in [5.74, 6) is 0.298. The van der Waals surface area contributed by atoms with Gasteiger partial charge in [-0.1, -0.05) is 35.3 Å². The molecule has 6 aromatic rings. The molecule has 0 saturated carbocycles. The van der Waals surface area contributed by atoms with E-state index in [9.17, 15) is 18.0 Å². The second kappa shape index (κ2) is 10.4. The monoisotopic (exact) mass is 662 g/mol. The lowest BCUT2D eigenvalue weighted by Gasteiger charge is -2.08. The zero-order chi connectivity index (χ0) is 28.9. The minimum atomic E-state index is -4.46. The quantitative estimate of drug-likeness (QED) is 0.213. The highest BCUT2D eigenvalue weighted by Crippen LogP contribution is 2.31. The van der Waals surface area contributed by atoms with Gasteiger partial charge in [0.25, 0.3) is 0 Å². The predicted molar refractivity (Wildman–Crippen MR) is 146 cm³/mol. The van der Waals surface area contributed by atoms with Gasteiger partial charge >= 0.3 is 11.8 Å². The summed E-state index contributed by atoms with van der Waals surface area (Å²) in [6.45, 7) is -0.00476. The van der Waals surface area contributed by atoms with E-state index in [4.69, 9.17) is 27.6 Å². The zero-order valence-corrected chi connectivity index (χ0v) is 23.2. The van der Waals surface area contributed by atoms with Crippen molar-refractivity contribution in [3.63, 3.8) is 0 Å². The summed E-state index contributed by atoms with van der Waals surface area (Å²) in [5, 5.41) is 17.5. The summed E-state index contributed by atoms with van der Waals surface area (Å²) in [5.41, 5.74) is -0.148. The van der Waals surface area contributed by atoms with Crippen LogP contribution in [-0.4, -0.2) is 40.0 Å². The Kier molecular flexibility index (Phi) is 6.83. The van der Waals surface area contributed by atoms with Crippen molar-refractivity contribution in [3.05, 3.63) is 97.0 Å². The first-order valence-corrected chi connectivity index (χ1v) is 13.1. The molecule has 0 aliphatic heterocycles. The molecule has 4 heterocycles. The molecule has 0 radical (unpaired) electrons. The molecule has 206 valence electrons. The van der Waals surface area contributed by atoms with E-state index in [-0.39, 0.29) is 40.2 Å². The first-order valence-electron chi connectivity index (χ1n) is 11.5. The van der Waals surface area contributed by atoms with Gasteiger partial charge in [0.15, 0.2) is 5.82 Å². The SMILES string of the molecule is O=c1oc(-c2cc(Cn3nnc(-c4ccc(C(F)(F)F)cc4)n3)nn2-c2ncccc2Cl)nc2c(Br)cc(Cl)cc12. The Balaban J connectivity index is 1.40. The summed E-state index contributed by atoms with van der Waals surface area (Å²) in [6, 6.07) is 12.3. The van der Waals surface area contributed by atoms with Crippen molar-refractivity contribution in [1.82, 2.24) is 40.0 Å². The molecule has 0 bridgehead atoms. The number of hydrogen-bond donors (Lipinski definition) is 0. The van der Waals surface area contributed by atoms with Crippen LogP contribution >= 0.6 is 39.1 Å². The molecule has 6 rings (SSSR count). The van der Waals surface area contributed by atoms with E-state index in [1.165, 1.54) is 33.9 Å². The average molecular weight is 664 g/mol. The van der Waals surface area contributed by atoms with Crippen molar-refractivity contribution in [3.8, 4) is 28.8 Å². The molecule has 0 aliphatic carbocycles. The first kappa shape index (κ1) is 27.1. The number of benzene rings is 2. The van der Waals surface area contributed by atoms with Crippen LogP contribution in [0.1, 0.15) is 11.3 Å². The molecule has 10 nitrogen and oxygen atoms in total. The molecule has 0 N–H and O–H groups in total. The van der Waals surface area contributed by atoms with Crippen LogP contribution in [0.5, 0.6) is 0 Å². The second-order valence-corrected chi connectivity index (χ2v) is 10.2. The summed E-state index contributed by atoms with van der Waals surface area (Å²) in [7, 11) is 0. The summed E-state index contributed by atoms with van der Waals surface area (Å²) >= 11 is 15.9. The Hall–Kier alpha value is -4.14. The van der Waals surface area contributed by atoms with E-state index in [1.54, 1.807) is 24.3 Å². The molecule has 2 aromatic carbocycles. The number of halogens is 6. The van der Waals surface area contributed by atoms with Gasteiger partial charge in [-0.3, -0.25) is 0 Å². The Bertz CT molecular complexity index is 1990. The van der Waals surface area contributed by atoms with Crippen LogP contribution in [0.15, 0.2) is 74.5 Å². The van der Waals surface area contributed by atoms with Gasteiger partial charge in [-0.05, 0) is 63.6 Å². The normalized spacial score (nSPS) is 11.9. The zero-order valence-electron chi connectivity index (χ0n) is 20.1. The summed E-state index contributed by atoms with van der Waals surface area (Å²) in [6.07, 6.45) is -2.94. The van der Waals surface area contributed by atoms with Crippen LogP contribution < -0.4 is 5.63 Å². The fourth-order valence-electron chi connectivity index (χ4n) is 3.95. The molecule has 0 amide bonds. The number of pyridine rings is 1. The highest BCUT2D eigenvalue weighted by Gasteiger charge is 2.30. The lowest BCUT2D eigenvalue weighted by Crippen LogP contribution is -2.08. The smallest absolute Gasteiger partial charge is 0.401 e. The Morgan fingerprint density at radius 2 is 1.80 bits per heavy atom. The van der Waals surface area contributed by atoms with Crippen molar-refractivity contribution in [2.24, 2.45) is 0 Å². The van der Waals surface area contributed by atoms with Gasteiger partial charge in [0.05, 0.1) is 27.2 Å². The maximum absolute atomic E-state index is 12.9. The van der Waals surface area contributed by atoms with Crippen LogP contribution in [0.4, 0.5) is 13.2 Å². The van der Waals surface area contributed by atoms with E-state index < -0.39 is 17.4 Å². The third-order valence-corrected chi connectivity index (χ3v) is 6.91. The number of hydrogen-bond acceptors (Lipinski definition) is 8. The summed E-state index contributed by atoms with van der Waals surface area (Å²) in [4.78, 5) is 22.9. The van der Waals surface area contributed by atoms with Gasteiger partial charge in [-0.15, -0.1) is 10.2 Å². The number of aromatic nitrogens is 8. The molecule has 16 heteroatoms. The minimum absolute atomic E-state index is 0.00476. The highest BCUT2D eigenvalue weighted by molar-refractivity contribution is 9.10. The van der Waals surface area contributed by atoms with E-state index >= 15 is 0 Å². The maximum atomic E-state index is 12.9. The van der Waals surface area contributed by atoms with Crippen molar-refractivity contribution < 1.29 is 17.6 Å². The van der Waals surface area contributed by atoms with E-state index in [1.807, 2.05) is 0 Å². The van der Waals surface area contributed by atoms with E-state index in [0.717, 1.165) is 12.1 Å². The lowest BCUT2D eigenvalue weighted by atomic mass is 10.1. The largest absolute Gasteiger partial charge is 0.416 e. The number of fused-ring (bicyclic) bond motifs is 1. The van der Waals surface area contributed by atoms with Gasteiger partial charge in [0.2, 0.25) is 11.7 Å². The Labute approximate surface area is 245 Å². The first-order chi connectivity index (χ1) is 19.6. The highest BCUT2D eigenvalue weighted by atomic mass is 79.9. The molecule has 0 spiro atoms. The van der Waals surface area contributed by atoms with Crippen molar-refractivity contribution in [2.45, 2.75) is 12.7 Å². The molecular formula is C25H12BrCl2F3N8O2. The predicted octanol–water partition coefficient (Wildman–Crippen LogP) is 6.23. The van der Waals surface area contributed by atoms with Gasteiger partial charge < -0.3 is 4.42 Å².